The third kappa shape index (κ3) is 18.1. The van der Waals surface area contributed by atoms with Crippen molar-refractivity contribution in [1.82, 2.24) is 0 Å². The van der Waals surface area contributed by atoms with Gasteiger partial charge in [0.2, 0.25) is 0 Å². The van der Waals surface area contributed by atoms with E-state index in [4.69, 9.17) is 5.11 Å². The largest absolute Gasteiger partial charge is 0.481 e. The van der Waals surface area contributed by atoms with E-state index in [9.17, 15) is 4.79 Å². The Morgan fingerprint density at radius 3 is 1.57 bits per heavy atom. The molecule has 0 bridgehead atoms. The van der Waals surface area contributed by atoms with Crippen molar-refractivity contribution in [2.45, 2.75) is 58.8 Å². The molecule has 0 radical (unpaired) electrons. The third-order valence-corrected chi connectivity index (χ3v) is 3.22. The van der Waals surface area contributed by atoms with Gasteiger partial charge >= 0.3 is 5.97 Å². The van der Waals surface area contributed by atoms with Gasteiger partial charge in [0.05, 0.1) is 0 Å². The molecule has 1 atom stereocenters. The van der Waals surface area contributed by atoms with Crippen LogP contribution in [0.2, 0.25) is 0 Å². The minimum absolute atomic E-state index is 0.209. The number of rotatable bonds is 13. The Labute approximate surface area is 142 Å². The summed E-state index contributed by atoms with van der Waals surface area (Å²) >= 11 is 0. The number of aliphatic carboxylic acids is 1. The predicted molar refractivity (Wildman–Crippen MR) is 100 cm³/mol. The lowest BCUT2D eigenvalue weighted by molar-refractivity contribution is -0.137. The molecule has 0 aromatic carbocycles. The van der Waals surface area contributed by atoms with Crippen molar-refractivity contribution in [1.29, 1.82) is 0 Å². The maximum absolute atomic E-state index is 10.5. The lowest BCUT2D eigenvalue weighted by atomic mass is 10.0. The van der Waals surface area contributed by atoms with Crippen LogP contribution in [-0.2, 0) is 4.79 Å². The van der Waals surface area contributed by atoms with Gasteiger partial charge in [0.25, 0.3) is 0 Å². The minimum atomic E-state index is -0.718. The summed E-state index contributed by atoms with van der Waals surface area (Å²) in [6.07, 6.45) is 27.7. The highest BCUT2D eigenvalue weighted by Gasteiger charge is 2.04. The highest BCUT2D eigenvalue weighted by Crippen LogP contribution is 2.08. The van der Waals surface area contributed by atoms with Crippen molar-refractivity contribution < 1.29 is 9.90 Å². The highest BCUT2D eigenvalue weighted by molar-refractivity contribution is 5.66. The molecule has 1 N–H and O–H groups in total. The molecule has 0 aromatic rings. The smallest absolute Gasteiger partial charge is 0.303 e. The first-order valence-electron chi connectivity index (χ1n) is 8.63. The molecule has 0 aliphatic carbocycles. The van der Waals surface area contributed by atoms with E-state index in [1.807, 2.05) is 6.92 Å². The number of carboxylic acids is 1. The molecule has 0 amide bonds. The van der Waals surface area contributed by atoms with E-state index in [-0.39, 0.29) is 12.3 Å². The normalized spacial score (nSPS) is 14.2. The zero-order valence-electron chi connectivity index (χ0n) is 14.7. The Hall–Kier alpha value is -1.83. The van der Waals surface area contributed by atoms with Crippen LogP contribution >= 0.6 is 0 Å². The van der Waals surface area contributed by atoms with Crippen molar-refractivity contribution in [2.75, 3.05) is 0 Å². The predicted octanol–water partition coefficient (Wildman–Crippen LogP) is 6.24. The Morgan fingerprint density at radius 1 is 0.783 bits per heavy atom. The van der Waals surface area contributed by atoms with Crippen LogP contribution in [0.3, 0.4) is 0 Å². The van der Waals surface area contributed by atoms with Gasteiger partial charge in [-0.2, -0.15) is 0 Å². The summed E-state index contributed by atoms with van der Waals surface area (Å²) in [5, 5.41) is 8.66. The van der Waals surface area contributed by atoms with Gasteiger partial charge in [-0.25, -0.2) is 0 Å². The lowest BCUT2D eigenvalue weighted by Gasteiger charge is -2.02. The first kappa shape index (κ1) is 21.2. The monoisotopic (exact) mass is 316 g/mol. The molecule has 23 heavy (non-hydrogen) atoms. The second-order valence-electron chi connectivity index (χ2n) is 5.65. The quantitative estimate of drug-likeness (QED) is 0.408. The summed E-state index contributed by atoms with van der Waals surface area (Å²) in [5.41, 5.74) is 0. The van der Waals surface area contributed by atoms with E-state index in [1.54, 1.807) is 0 Å². The Balaban J connectivity index is 3.58. The fourth-order valence-electron chi connectivity index (χ4n) is 1.96. The van der Waals surface area contributed by atoms with E-state index in [0.717, 1.165) is 38.5 Å². The summed E-state index contributed by atoms with van der Waals surface area (Å²) in [6, 6.07) is 0. The van der Waals surface area contributed by atoms with Crippen LogP contribution in [0.15, 0.2) is 60.8 Å². The van der Waals surface area contributed by atoms with Crippen molar-refractivity contribution in [2.24, 2.45) is 5.92 Å². The lowest BCUT2D eigenvalue weighted by Crippen LogP contribution is -2.02. The molecule has 0 saturated heterocycles. The zero-order chi connectivity index (χ0) is 17.2. The summed E-state index contributed by atoms with van der Waals surface area (Å²) in [6.45, 7) is 4.11. The van der Waals surface area contributed by atoms with Gasteiger partial charge < -0.3 is 5.11 Å². The van der Waals surface area contributed by atoms with E-state index >= 15 is 0 Å². The van der Waals surface area contributed by atoms with E-state index < -0.39 is 5.97 Å². The first-order chi connectivity index (χ1) is 11.2. The minimum Gasteiger partial charge on any atom is -0.481 e. The molecule has 0 heterocycles. The molecule has 2 nitrogen and oxygen atoms in total. The van der Waals surface area contributed by atoms with Crippen molar-refractivity contribution >= 4 is 5.97 Å². The van der Waals surface area contributed by atoms with Crippen molar-refractivity contribution in [3.8, 4) is 0 Å². The molecule has 0 aliphatic rings. The van der Waals surface area contributed by atoms with Crippen LogP contribution in [0.25, 0.3) is 0 Å². The van der Waals surface area contributed by atoms with Gasteiger partial charge in [0, 0.05) is 6.42 Å². The standard InChI is InChI=1S/C21H32O2/c1-3-4-5-6-7-8-9-10-11-12-13-14-15-16-17-18-20(2)19-21(22)23/h4-5,7-8,10-11,13-14,16-17,20H,3,6,9,12,15,18-19H2,1-2H3,(H,22,23)/b5-4-,8-7-,11-10-,14-13-,17-16-/t20-/m0/s1. The van der Waals surface area contributed by atoms with Gasteiger partial charge in [-0.15, -0.1) is 0 Å². The second kappa shape index (κ2) is 16.5. The molecular formula is C21H32O2. The number of allylic oxidation sites excluding steroid dienone is 10. The van der Waals surface area contributed by atoms with Gasteiger partial charge in [0.15, 0.2) is 0 Å². The average Bonchev–Trinajstić information content (AvgIpc) is 2.50. The number of hydrogen-bond donors (Lipinski definition) is 1. The molecule has 0 saturated carbocycles. The maximum Gasteiger partial charge on any atom is 0.303 e. The summed E-state index contributed by atoms with van der Waals surface area (Å²) in [5.74, 6) is -0.508. The van der Waals surface area contributed by atoms with Crippen LogP contribution in [0, 0.1) is 5.92 Å². The van der Waals surface area contributed by atoms with Crippen LogP contribution < -0.4 is 0 Å². The second-order valence-corrected chi connectivity index (χ2v) is 5.65. The molecule has 0 fully saturated rings. The fourth-order valence-corrected chi connectivity index (χ4v) is 1.96. The van der Waals surface area contributed by atoms with Crippen molar-refractivity contribution in [3.63, 3.8) is 0 Å². The van der Waals surface area contributed by atoms with E-state index in [1.165, 1.54) is 0 Å². The Kier molecular flexibility index (Phi) is 15.2. The van der Waals surface area contributed by atoms with Crippen LogP contribution in [0.4, 0.5) is 0 Å². The summed E-state index contributed by atoms with van der Waals surface area (Å²) in [4.78, 5) is 10.5. The molecule has 0 aromatic heterocycles. The maximum atomic E-state index is 10.5. The number of hydrogen-bond acceptors (Lipinski definition) is 1. The first-order valence-corrected chi connectivity index (χ1v) is 8.63. The molecule has 0 unspecified atom stereocenters. The summed E-state index contributed by atoms with van der Waals surface area (Å²) < 4.78 is 0. The van der Waals surface area contributed by atoms with Gasteiger partial charge in [0.1, 0.15) is 0 Å². The van der Waals surface area contributed by atoms with Crippen LogP contribution in [0.5, 0.6) is 0 Å². The van der Waals surface area contributed by atoms with Crippen LogP contribution in [-0.4, -0.2) is 11.1 Å². The van der Waals surface area contributed by atoms with Crippen LogP contribution in [0.1, 0.15) is 58.8 Å². The van der Waals surface area contributed by atoms with E-state index in [0.29, 0.717) is 0 Å². The third-order valence-electron chi connectivity index (χ3n) is 3.22. The van der Waals surface area contributed by atoms with E-state index in [2.05, 4.69) is 67.7 Å². The number of carboxylic acid groups (broad SMARTS) is 1. The van der Waals surface area contributed by atoms with Gasteiger partial charge in [-0.1, -0.05) is 74.6 Å². The Bertz CT molecular complexity index is 425. The molecule has 0 spiro atoms. The van der Waals surface area contributed by atoms with Crippen molar-refractivity contribution in [3.05, 3.63) is 60.8 Å². The molecular weight excluding hydrogens is 284 g/mol. The fraction of sp³-hybridized carbons (Fsp3) is 0.476. The highest BCUT2D eigenvalue weighted by atomic mass is 16.4. The van der Waals surface area contributed by atoms with Gasteiger partial charge in [-0.3, -0.25) is 4.79 Å². The van der Waals surface area contributed by atoms with Gasteiger partial charge in [-0.05, 0) is 44.4 Å². The summed E-state index contributed by atoms with van der Waals surface area (Å²) in [7, 11) is 0. The topological polar surface area (TPSA) is 37.3 Å². The molecule has 0 rings (SSSR count). The Morgan fingerprint density at radius 2 is 1.17 bits per heavy atom. The average molecular weight is 316 g/mol. The molecule has 0 aliphatic heterocycles. The molecule has 128 valence electrons. The SMILES string of the molecule is CC/C=C\C/C=C\C/C=C\C/C=C\C/C=C\C[C@H](C)CC(=O)O. The zero-order valence-corrected chi connectivity index (χ0v) is 14.7. The number of carbonyl (C=O) groups is 1. The molecule has 2 heteroatoms.